The summed E-state index contributed by atoms with van der Waals surface area (Å²) in [5.74, 6) is 1.84. The predicted octanol–water partition coefficient (Wildman–Crippen LogP) is 17.5. The van der Waals surface area contributed by atoms with Gasteiger partial charge in [0.2, 0.25) is 0 Å². The minimum atomic E-state index is 0.608. The van der Waals surface area contributed by atoms with Crippen LogP contribution in [0.15, 0.2) is 267 Å². The summed E-state index contributed by atoms with van der Waals surface area (Å²) in [4.78, 5) is 15.5. The Bertz CT molecular complexity index is 4400. The minimum absolute atomic E-state index is 0.608. The molecule has 4 aromatic heterocycles. The second-order valence-corrected chi connectivity index (χ2v) is 19.2. The van der Waals surface area contributed by atoms with E-state index < -0.39 is 0 Å². The Morgan fingerprint density at radius 2 is 0.493 bits per heavy atom. The fourth-order valence-corrected chi connectivity index (χ4v) is 11.4. The van der Waals surface area contributed by atoms with E-state index in [-0.39, 0.29) is 0 Å². The summed E-state index contributed by atoms with van der Waals surface area (Å²) in [5, 5.41) is 7.40. The molecule has 0 unspecified atom stereocenters. The molecule has 11 aromatic carbocycles. The first kappa shape index (κ1) is 42.5. The molecule has 0 aliphatic heterocycles. The van der Waals surface area contributed by atoms with Crippen molar-refractivity contribution in [1.82, 2.24) is 28.7 Å². The maximum Gasteiger partial charge on any atom is 0.164 e. The predicted molar refractivity (Wildman–Crippen MR) is 310 cm³/mol. The van der Waals surface area contributed by atoms with E-state index in [1.165, 1.54) is 43.4 Å². The topological polar surface area (TPSA) is 53.5 Å². The van der Waals surface area contributed by atoms with E-state index in [0.29, 0.717) is 17.5 Å². The lowest BCUT2D eigenvalue weighted by atomic mass is 10.0. The molecule has 0 bridgehead atoms. The van der Waals surface area contributed by atoms with Crippen molar-refractivity contribution in [2.45, 2.75) is 0 Å². The summed E-state index contributed by atoms with van der Waals surface area (Å²) >= 11 is 0. The van der Waals surface area contributed by atoms with Crippen molar-refractivity contribution < 1.29 is 0 Å². The van der Waals surface area contributed by atoms with Crippen LogP contribution in [0.4, 0.5) is 0 Å². The molecule has 0 radical (unpaired) electrons. The first-order valence-electron chi connectivity index (χ1n) is 25.4. The summed E-state index contributed by atoms with van der Waals surface area (Å²) in [7, 11) is 0. The Balaban J connectivity index is 0.833. The molecule has 0 aliphatic rings. The van der Waals surface area contributed by atoms with Crippen molar-refractivity contribution in [3.63, 3.8) is 0 Å². The normalized spacial score (nSPS) is 11.7. The molecule has 15 aromatic rings. The molecule has 350 valence electrons. The Hall–Kier alpha value is -10.2. The highest BCUT2D eigenvalue weighted by Crippen LogP contribution is 2.39. The molecule has 0 fully saturated rings. The summed E-state index contributed by atoms with van der Waals surface area (Å²) in [6.45, 7) is 0. The van der Waals surface area contributed by atoms with Gasteiger partial charge in [0.05, 0.1) is 33.1 Å². The lowest BCUT2D eigenvalue weighted by Gasteiger charge is -2.16. The maximum absolute atomic E-state index is 5.22. The van der Waals surface area contributed by atoms with Gasteiger partial charge >= 0.3 is 0 Å². The Labute approximate surface area is 432 Å². The maximum atomic E-state index is 5.22. The van der Waals surface area contributed by atoms with Crippen molar-refractivity contribution in [2.24, 2.45) is 0 Å². The first-order chi connectivity index (χ1) is 37.2. The summed E-state index contributed by atoms with van der Waals surface area (Å²) in [5.41, 5.74) is 17.4. The molecule has 4 heterocycles. The van der Waals surface area contributed by atoms with Gasteiger partial charge in [-0.1, -0.05) is 194 Å². The van der Waals surface area contributed by atoms with Crippen LogP contribution in [0.5, 0.6) is 0 Å². The standard InChI is InChI=1S/C69H44N6/c1-2-17-47(18-3-1)67-70-68(72-69(71-67)50-20-16-19-49(41-50)45-37-39-52(40-38-45)73-61-27-10-4-21-55(61)56-22-5-11-28-62(56)73)48-35-33-46(34-36-48)51-42-53(74-63-29-12-6-23-57(63)58-24-7-13-30-64(58)74)44-54(43-51)75-65-31-14-8-25-59(65)60-26-9-15-32-66(60)75/h1-44H. The van der Waals surface area contributed by atoms with Crippen molar-refractivity contribution in [2.75, 3.05) is 0 Å². The van der Waals surface area contributed by atoms with Crippen LogP contribution in [0.1, 0.15) is 0 Å². The van der Waals surface area contributed by atoms with Gasteiger partial charge in [-0.3, -0.25) is 0 Å². The lowest BCUT2D eigenvalue weighted by molar-refractivity contribution is 1.07. The zero-order chi connectivity index (χ0) is 49.4. The monoisotopic (exact) mass is 956 g/mol. The third-order valence-electron chi connectivity index (χ3n) is 14.9. The number of nitrogens with zero attached hydrogens (tertiary/aromatic N) is 6. The van der Waals surface area contributed by atoms with Crippen LogP contribution in [0, 0.1) is 0 Å². The molecule has 0 spiro atoms. The average molecular weight is 957 g/mol. The summed E-state index contributed by atoms with van der Waals surface area (Å²) < 4.78 is 7.17. The van der Waals surface area contributed by atoms with Gasteiger partial charge in [-0.25, -0.2) is 15.0 Å². The van der Waals surface area contributed by atoms with Gasteiger partial charge in [-0.15, -0.1) is 0 Å². The quantitative estimate of drug-likeness (QED) is 0.152. The van der Waals surface area contributed by atoms with Crippen molar-refractivity contribution in [1.29, 1.82) is 0 Å². The molecule has 0 saturated heterocycles. The van der Waals surface area contributed by atoms with Crippen LogP contribution in [0.2, 0.25) is 0 Å². The van der Waals surface area contributed by atoms with Gasteiger partial charge in [-0.2, -0.15) is 0 Å². The van der Waals surface area contributed by atoms with Gasteiger partial charge in [0, 0.05) is 66.1 Å². The number of hydrogen-bond acceptors (Lipinski definition) is 3. The smallest absolute Gasteiger partial charge is 0.164 e. The van der Waals surface area contributed by atoms with Gasteiger partial charge in [-0.05, 0) is 95.1 Å². The SMILES string of the molecule is c1ccc(-c2nc(-c3ccc(-c4cc(-n5c6ccccc6c6ccccc65)cc(-n5c6ccccc6c6ccccc65)c4)cc3)nc(-c3cccc(-c4ccc(-n5c6ccccc6c6ccccc65)cc4)c3)n2)cc1. The van der Waals surface area contributed by atoms with Gasteiger partial charge in [0.15, 0.2) is 17.5 Å². The summed E-state index contributed by atoms with van der Waals surface area (Å²) in [6, 6.07) is 95.3. The number of rotatable bonds is 8. The second kappa shape index (κ2) is 17.3. The van der Waals surface area contributed by atoms with Crippen molar-refractivity contribution in [3.05, 3.63) is 267 Å². The molecule has 0 N–H and O–H groups in total. The molecule has 0 aliphatic carbocycles. The van der Waals surface area contributed by atoms with E-state index in [1.807, 2.05) is 18.2 Å². The molecule has 6 nitrogen and oxygen atoms in total. The van der Waals surface area contributed by atoms with Gasteiger partial charge in [0.25, 0.3) is 0 Å². The number of hydrogen-bond donors (Lipinski definition) is 0. The molecule has 15 rings (SSSR count). The largest absolute Gasteiger partial charge is 0.309 e. The zero-order valence-corrected chi connectivity index (χ0v) is 40.6. The minimum Gasteiger partial charge on any atom is -0.309 e. The van der Waals surface area contributed by atoms with Crippen molar-refractivity contribution in [3.8, 4) is 73.5 Å². The molecular formula is C69H44N6. The Morgan fingerprint density at radius 3 is 0.933 bits per heavy atom. The fraction of sp³-hybridized carbons (Fsp3) is 0. The van der Waals surface area contributed by atoms with Crippen molar-refractivity contribution >= 4 is 65.4 Å². The highest BCUT2D eigenvalue weighted by molar-refractivity contribution is 6.11. The van der Waals surface area contributed by atoms with E-state index >= 15 is 0 Å². The lowest BCUT2D eigenvalue weighted by Crippen LogP contribution is -2.01. The average Bonchev–Trinajstić information content (AvgIpc) is 4.17. The first-order valence-corrected chi connectivity index (χ1v) is 25.4. The molecule has 0 amide bonds. The van der Waals surface area contributed by atoms with Gasteiger partial charge < -0.3 is 13.7 Å². The fourth-order valence-electron chi connectivity index (χ4n) is 11.4. The second-order valence-electron chi connectivity index (χ2n) is 19.2. The van der Waals surface area contributed by atoms with E-state index in [0.717, 1.165) is 78.1 Å². The molecule has 0 atom stereocenters. The van der Waals surface area contributed by atoms with Crippen LogP contribution in [0.25, 0.3) is 139 Å². The number of benzene rings is 11. The van der Waals surface area contributed by atoms with E-state index in [4.69, 9.17) is 15.0 Å². The Kier molecular flexibility index (Phi) is 9.78. The Morgan fingerprint density at radius 1 is 0.187 bits per heavy atom. The third-order valence-corrected chi connectivity index (χ3v) is 14.9. The molecule has 0 saturated carbocycles. The number of aromatic nitrogens is 6. The van der Waals surface area contributed by atoms with E-state index in [1.54, 1.807) is 0 Å². The third kappa shape index (κ3) is 7.07. The number of fused-ring (bicyclic) bond motifs is 9. The highest BCUT2D eigenvalue weighted by atomic mass is 15.0. The van der Waals surface area contributed by atoms with Crippen LogP contribution in [-0.4, -0.2) is 28.7 Å². The highest BCUT2D eigenvalue weighted by Gasteiger charge is 2.19. The molecule has 75 heavy (non-hydrogen) atoms. The molecule has 6 heteroatoms. The van der Waals surface area contributed by atoms with Crippen LogP contribution in [0.3, 0.4) is 0 Å². The van der Waals surface area contributed by atoms with Crippen LogP contribution >= 0.6 is 0 Å². The van der Waals surface area contributed by atoms with E-state index in [9.17, 15) is 0 Å². The number of para-hydroxylation sites is 6. The van der Waals surface area contributed by atoms with Gasteiger partial charge in [0.1, 0.15) is 0 Å². The van der Waals surface area contributed by atoms with E-state index in [2.05, 4.69) is 262 Å². The summed E-state index contributed by atoms with van der Waals surface area (Å²) in [6.07, 6.45) is 0. The van der Waals surface area contributed by atoms with Crippen LogP contribution in [-0.2, 0) is 0 Å². The molecular weight excluding hydrogens is 913 g/mol. The zero-order valence-electron chi connectivity index (χ0n) is 40.6. The van der Waals surface area contributed by atoms with Crippen LogP contribution < -0.4 is 0 Å².